The molecule has 1 aromatic carbocycles. The van der Waals surface area contributed by atoms with Crippen molar-refractivity contribution in [2.24, 2.45) is 0 Å². The third-order valence-electron chi connectivity index (χ3n) is 2.50. The second kappa shape index (κ2) is 4.17. The number of methoxy groups -OCH3 is 1. The number of H-pyrrole nitrogens is 1. The van der Waals surface area contributed by atoms with Gasteiger partial charge in [-0.2, -0.15) is 0 Å². The molecular formula is C12H13NO2. The Morgan fingerprint density at radius 1 is 1.40 bits per heavy atom. The number of ether oxygens (including phenoxy) is 1. The Labute approximate surface area is 88.1 Å². The molecule has 1 aromatic heterocycles. The maximum Gasteiger partial charge on any atom is 0.305 e. The van der Waals surface area contributed by atoms with E-state index in [1.165, 1.54) is 12.5 Å². The topological polar surface area (TPSA) is 42.1 Å². The van der Waals surface area contributed by atoms with Gasteiger partial charge in [0, 0.05) is 18.1 Å². The summed E-state index contributed by atoms with van der Waals surface area (Å²) in [4.78, 5) is 14.2. The fourth-order valence-corrected chi connectivity index (χ4v) is 1.70. The molecule has 0 atom stereocenters. The molecule has 0 unspecified atom stereocenters. The number of rotatable bonds is 3. The summed E-state index contributed by atoms with van der Waals surface area (Å²) in [7, 11) is 1.41. The molecule has 0 amide bonds. The van der Waals surface area contributed by atoms with Gasteiger partial charge in [0.05, 0.1) is 7.11 Å². The summed E-state index contributed by atoms with van der Waals surface area (Å²) in [6, 6.07) is 8.11. The number of hydrogen-bond acceptors (Lipinski definition) is 2. The molecule has 1 heterocycles. The minimum Gasteiger partial charge on any atom is -0.469 e. The fraction of sp³-hybridized carbons (Fsp3) is 0.250. The van der Waals surface area contributed by atoms with E-state index >= 15 is 0 Å². The maximum absolute atomic E-state index is 11.0. The van der Waals surface area contributed by atoms with E-state index in [0.29, 0.717) is 12.8 Å². The summed E-state index contributed by atoms with van der Waals surface area (Å²) >= 11 is 0. The molecule has 3 heteroatoms. The Kier molecular flexibility index (Phi) is 2.72. The number of aromatic nitrogens is 1. The molecule has 15 heavy (non-hydrogen) atoms. The van der Waals surface area contributed by atoms with Crippen molar-refractivity contribution in [3.8, 4) is 0 Å². The molecule has 78 valence electrons. The van der Waals surface area contributed by atoms with Crippen LogP contribution in [0.5, 0.6) is 0 Å². The minimum absolute atomic E-state index is 0.168. The van der Waals surface area contributed by atoms with Crippen molar-refractivity contribution in [1.82, 2.24) is 4.98 Å². The molecule has 3 nitrogen and oxygen atoms in total. The van der Waals surface area contributed by atoms with Crippen LogP contribution in [-0.4, -0.2) is 18.1 Å². The quantitative estimate of drug-likeness (QED) is 0.777. The summed E-state index contributed by atoms with van der Waals surface area (Å²) in [5, 5.41) is 1.18. The molecular weight excluding hydrogens is 190 g/mol. The number of para-hydroxylation sites is 1. The van der Waals surface area contributed by atoms with Gasteiger partial charge in [0.25, 0.3) is 0 Å². The van der Waals surface area contributed by atoms with E-state index < -0.39 is 0 Å². The number of carbonyl (C=O) groups excluding carboxylic acids is 1. The molecule has 1 N–H and O–H groups in total. The molecule has 0 bridgehead atoms. The van der Waals surface area contributed by atoms with Gasteiger partial charge < -0.3 is 9.72 Å². The molecule has 0 fully saturated rings. The van der Waals surface area contributed by atoms with Gasteiger partial charge in [0.15, 0.2) is 0 Å². The third kappa shape index (κ3) is 2.01. The number of aryl methyl sites for hydroxylation is 1. The third-order valence-corrected chi connectivity index (χ3v) is 2.50. The first-order chi connectivity index (χ1) is 7.31. The van der Waals surface area contributed by atoms with E-state index in [2.05, 4.69) is 9.72 Å². The van der Waals surface area contributed by atoms with E-state index in [4.69, 9.17) is 0 Å². The average Bonchev–Trinajstić information content (AvgIpc) is 2.74. The monoisotopic (exact) mass is 203 g/mol. The van der Waals surface area contributed by atoms with Crippen molar-refractivity contribution in [2.75, 3.05) is 7.11 Å². The highest BCUT2D eigenvalue weighted by atomic mass is 16.5. The van der Waals surface area contributed by atoms with Crippen LogP contribution in [0.4, 0.5) is 0 Å². The van der Waals surface area contributed by atoms with Crippen molar-refractivity contribution >= 4 is 16.9 Å². The molecule has 0 saturated heterocycles. The highest BCUT2D eigenvalue weighted by Crippen LogP contribution is 2.18. The number of aromatic amines is 1. The highest BCUT2D eigenvalue weighted by Gasteiger charge is 2.05. The summed E-state index contributed by atoms with van der Waals surface area (Å²) in [5.41, 5.74) is 2.27. The van der Waals surface area contributed by atoms with Crippen molar-refractivity contribution in [3.05, 3.63) is 36.0 Å². The Bertz CT molecular complexity index is 473. The fourth-order valence-electron chi connectivity index (χ4n) is 1.70. The van der Waals surface area contributed by atoms with Gasteiger partial charge >= 0.3 is 5.97 Å². The van der Waals surface area contributed by atoms with Crippen LogP contribution in [0.25, 0.3) is 10.9 Å². The maximum atomic E-state index is 11.0. The van der Waals surface area contributed by atoms with Gasteiger partial charge in [-0.1, -0.05) is 18.2 Å². The van der Waals surface area contributed by atoms with Crippen LogP contribution in [0.15, 0.2) is 30.5 Å². The standard InChI is InChI=1S/C12H13NO2/c1-15-11(14)6-5-9-3-2-4-10-7-8-13-12(9)10/h2-4,7-8,13H,5-6H2,1H3. The van der Waals surface area contributed by atoms with Crippen LogP contribution in [0.1, 0.15) is 12.0 Å². The molecule has 0 aliphatic heterocycles. The first-order valence-electron chi connectivity index (χ1n) is 4.93. The lowest BCUT2D eigenvalue weighted by molar-refractivity contribution is -0.140. The molecule has 0 spiro atoms. The number of esters is 1. The van der Waals surface area contributed by atoms with Crippen molar-refractivity contribution in [2.45, 2.75) is 12.8 Å². The number of carbonyl (C=O) groups is 1. The average molecular weight is 203 g/mol. The van der Waals surface area contributed by atoms with E-state index in [1.54, 1.807) is 0 Å². The van der Waals surface area contributed by atoms with E-state index in [-0.39, 0.29) is 5.97 Å². The first kappa shape index (κ1) is 9.77. The van der Waals surface area contributed by atoms with Crippen LogP contribution in [0.3, 0.4) is 0 Å². The highest BCUT2D eigenvalue weighted by molar-refractivity contribution is 5.83. The predicted octanol–water partition coefficient (Wildman–Crippen LogP) is 2.27. The van der Waals surface area contributed by atoms with Gasteiger partial charge in [-0.3, -0.25) is 4.79 Å². The van der Waals surface area contributed by atoms with Crippen molar-refractivity contribution < 1.29 is 9.53 Å². The van der Waals surface area contributed by atoms with Crippen LogP contribution >= 0.6 is 0 Å². The summed E-state index contributed by atoms with van der Waals surface area (Å²) in [5.74, 6) is -0.168. The number of benzene rings is 1. The van der Waals surface area contributed by atoms with Crippen LogP contribution < -0.4 is 0 Å². The number of fused-ring (bicyclic) bond motifs is 1. The lowest BCUT2D eigenvalue weighted by atomic mass is 10.1. The predicted molar refractivity (Wildman–Crippen MR) is 58.6 cm³/mol. The van der Waals surface area contributed by atoms with Gasteiger partial charge in [0.1, 0.15) is 0 Å². The second-order valence-electron chi connectivity index (χ2n) is 3.44. The summed E-state index contributed by atoms with van der Waals surface area (Å²) in [6.45, 7) is 0. The molecule has 0 aliphatic carbocycles. The number of hydrogen-bond donors (Lipinski definition) is 1. The van der Waals surface area contributed by atoms with Crippen LogP contribution in [0, 0.1) is 0 Å². The lowest BCUT2D eigenvalue weighted by Gasteiger charge is -2.02. The smallest absolute Gasteiger partial charge is 0.305 e. The lowest BCUT2D eigenvalue weighted by Crippen LogP contribution is -2.02. The Hall–Kier alpha value is -1.77. The minimum atomic E-state index is -0.168. The van der Waals surface area contributed by atoms with E-state index in [0.717, 1.165) is 11.1 Å². The molecule has 0 radical (unpaired) electrons. The van der Waals surface area contributed by atoms with Crippen LogP contribution in [-0.2, 0) is 16.0 Å². The van der Waals surface area contributed by atoms with E-state index in [1.807, 2.05) is 30.5 Å². The van der Waals surface area contributed by atoms with Gasteiger partial charge in [-0.05, 0) is 23.4 Å². The van der Waals surface area contributed by atoms with Gasteiger partial charge in [-0.15, -0.1) is 0 Å². The molecule has 2 aromatic rings. The first-order valence-corrected chi connectivity index (χ1v) is 4.93. The van der Waals surface area contributed by atoms with Crippen molar-refractivity contribution in [1.29, 1.82) is 0 Å². The summed E-state index contributed by atoms with van der Waals surface area (Å²) in [6.07, 6.45) is 3.05. The SMILES string of the molecule is COC(=O)CCc1cccc2cc[nH]c12. The largest absolute Gasteiger partial charge is 0.469 e. The van der Waals surface area contributed by atoms with Gasteiger partial charge in [0.2, 0.25) is 0 Å². The molecule has 2 rings (SSSR count). The van der Waals surface area contributed by atoms with Crippen LogP contribution in [0.2, 0.25) is 0 Å². The van der Waals surface area contributed by atoms with Gasteiger partial charge in [-0.25, -0.2) is 0 Å². The Morgan fingerprint density at radius 2 is 2.27 bits per heavy atom. The zero-order valence-corrected chi connectivity index (χ0v) is 8.62. The normalized spacial score (nSPS) is 10.5. The Balaban J connectivity index is 2.20. The van der Waals surface area contributed by atoms with E-state index in [9.17, 15) is 4.79 Å². The second-order valence-corrected chi connectivity index (χ2v) is 3.44. The Morgan fingerprint density at radius 3 is 3.07 bits per heavy atom. The van der Waals surface area contributed by atoms with Crippen molar-refractivity contribution in [3.63, 3.8) is 0 Å². The zero-order chi connectivity index (χ0) is 10.7. The zero-order valence-electron chi connectivity index (χ0n) is 8.62. The molecule has 0 saturated carbocycles. The summed E-state index contributed by atoms with van der Waals surface area (Å²) < 4.78 is 4.62. The number of nitrogens with one attached hydrogen (secondary N) is 1. The molecule has 0 aliphatic rings.